The molecule has 1 radical (unpaired) electrons. The maximum atomic E-state index is 10.4. The van der Waals surface area contributed by atoms with Gasteiger partial charge in [0.25, 0.3) is 5.70 Å². The lowest BCUT2D eigenvalue weighted by molar-refractivity contribution is -0.421. The van der Waals surface area contributed by atoms with Gasteiger partial charge in [0, 0.05) is 5.57 Å². The van der Waals surface area contributed by atoms with E-state index in [-0.39, 0.29) is 10.6 Å². The second-order valence-corrected chi connectivity index (χ2v) is 2.36. The van der Waals surface area contributed by atoms with Gasteiger partial charge < -0.3 is 0 Å². The van der Waals surface area contributed by atoms with Crippen molar-refractivity contribution >= 4 is 0 Å². The number of hydrogen-bond acceptors (Lipinski definition) is 2. The van der Waals surface area contributed by atoms with Gasteiger partial charge in [-0.1, -0.05) is 13.0 Å². The fourth-order valence-corrected chi connectivity index (χ4v) is 1.11. The first-order chi connectivity index (χ1) is 5.25. The lowest BCUT2D eigenvalue weighted by Gasteiger charge is -2.05. The largest absolute Gasteiger partial charge is 0.268 e. The summed E-state index contributed by atoms with van der Waals surface area (Å²) in [5.41, 5.74) is 1.09. The van der Waals surface area contributed by atoms with E-state index in [0.717, 1.165) is 18.4 Å². The number of nitrogens with zero attached hydrogens (tertiary/aromatic N) is 1. The molecule has 0 spiro atoms. The van der Waals surface area contributed by atoms with E-state index >= 15 is 0 Å². The molecule has 0 bridgehead atoms. The number of nitro groups is 1. The van der Waals surface area contributed by atoms with Gasteiger partial charge in [0.15, 0.2) is 0 Å². The molecule has 0 amide bonds. The van der Waals surface area contributed by atoms with E-state index in [9.17, 15) is 10.1 Å². The maximum absolute atomic E-state index is 10.4. The smallest absolute Gasteiger partial charge is 0.258 e. The van der Waals surface area contributed by atoms with Gasteiger partial charge in [-0.05, 0) is 25.3 Å². The first-order valence-electron chi connectivity index (χ1n) is 3.63. The molecule has 0 heterocycles. The van der Waals surface area contributed by atoms with E-state index in [1.807, 2.05) is 13.0 Å². The van der Waals surface area contributed by atoms with E-state index in [1.54, 1.807) is 12.5 Å². The van der Waals surface area contributed by atoms with E-state index < -0.39 is 0 Å². The van der Waals surface area contributed by atoms with Gasteiger partial charge in [-0.15, -0.1) is 0 Å². The summed E-state index contributed by atoms with van der Waals surface area (Å²) in [6.45, 7) is 1.93. The number of rotatable bonds is 2. The van der Waals surface area contributed by atoms with Crippen LogP contribution < -0.4 is 0 Å². The van der Waals surface area contributed by atoms with Crippen LogP contribution in [0, 0.1) is 16.5 Å². The molecule has 11 heavy (non-hydrogen) atoms. The highest BCUT2D eigenvalue weighted by Gasteiger charge is 2.17. The highest BCUT2D eigenvalue weighted by molar-refractivity contribution is 5.31. The van der Waals surface area contributed by atoms with Gasteiger partial charge in [-0.2, -0.15) is 0 Å². The molecular formula is C8H10NO2. The minimum Gasteiger partial charge on any atom is -0.258 e. The quantitative estimate of drug-likeness (QED) is 0.449. The van der Waals surface area contributed by atoms with Crippen molar-refractivity contribution in [3.05, 3.63) is 40.0 Å². The average Bonchev–Trinajstić information content (AvgIpc) is 2.04. The van der Waals surface area contributed by atoms with Crippen molar-refractivity contribution in [1.29, 1.82) is 0 Å². The first kappa shape index (κ1) is 7.98. The van der Waals surface area contributed by atoms with Gasteiger partial charge in [-0.3, -0.25) is 10.1 Å². The van der Waals surface area contributed by atoms with Gasteiger partial charge in [0.1, 0.15) is 0 Å². The Morgan fingerprint density at radius 2 is 2.45 bits per heavy atom. The molecule has 0 N–H and O–H groups in total. The Bertz CT molecular complexity index is 228. The van der Waals surface area contributed by atoms with Gasteiger partial charge in [-0.25, -0.2) is 0 Å². The van der Waals surface area contributed by atoms with Crippen LogP contribution in [0.25, 0.3) is 0 Å². The minimum atomic E-state index is -0.328. The third-order valence-electron chi connectivity index (χ3n) is 1.68. The SMILES string of the molecule is CCC1=CC[CH]C=C1[N+](=O)[O-]. The Morgan fingerprint density at radius 3 is 2.91 bits per heavy atom. The Balaban J connectivity index is 2.83. The molecule has 1 aliphatic rings. The molecule has 0 aromatic rings. The van der Waals surface area contributed by atoms with Crippen molar-refractivity contribution in [2.45, 2.75) is 19.8 Å². The zero-order chi connectivity index (χ0) is 8.27. The second-order valence-electron chi connectivity index (χ2n) is 2.36. The van der Waals surface area contributed by atoms with E-state index in [2.05, 4.69) is 0 Å². The minimum absolute atomic E-state index is 0.249. The molecule has 0 unspecified atom stereocenters. The van der Waals surface area contributed by atoms with E-state index in [4.69, 9.17) is 0 Å². The highest BCUT2D eigenvalue weighted by Crippen LogP contribution is 2.20. The molecule has 0 aliphatic heterocycles. The molecule has 1 rings (SSSR count). The van der Waals surface area contributed by atoms with Crippen LogP contribution in [0.1, 0.15) is 19.8 Å². The third kappa shape index (κ3) is 1.67. The Kier molecular flexibility index (Phi) is 2.41. The summed E-state index contributed by atoms with van der Waals surface area (Å²) < 4.78 is 0. The van der Waals surface area contributed by atoms with Crippen molar-refractivity contribution in [3.8, 4) is 0 Å². The van der Waals surface area contributed by atoms with Crippen LogP contribution >= 0.6 is 0 Å². The van der Waals surface area contributed by atoms with Crippen molar-refractivity contribution < 1.29 is 4.92 Å². The van der Waals surface area contributed by atoms with Gasteiger partial charge in [0.2, 0.25) is 0 Å². The Morgan fingerprint density at radius 1 is 1.73 bits per heavy atom. The maximum Gasteiger partial charge on any atom is 0.268 e. The summed E-state index contributed by atoms with van der Waals surface area (Å²) in [6, 6.07) is 0. The summed E-state index contributed by atoms with van der Waals surface area (Å²) in [7, 11) is 0. The second kappa shape index (κ2) is 3.32. The summed E-state index contributed by atoms with van der Waals surface area (Å²) in [5.74, 6) is 0. The van der Waals surface area contributed by atoms with Gasteiger partial charge in [0.05, 0.1) is 4.92 Å². The van der Waals surface area contributed by atoms with Crippen LogP contribution in [-0.4, -0.2) is 4.92 Å². The molecule has 0 saturated carbocycles. The van der Waals surface area contributed by atoms with Crippen LogP contribution in [0.4, 0.5) is 0 Å². The van der Waals surface area contributed by atoms with E-state index in [0.29, 0.717) is 0 Å². The summed E-state index contributed by atoms with van der Waals surface area (Å²) in [5, 5.41) is 10.4. The van der Waals surface area contributed by atoms with Crippen LogP contribution in [0.5, 0.6) is 0 Å². The highest BCUT2D eigenvalue weighted by atomic mass is 16.6. The van der Waals surface area contributed by atoms with Crippen molar-refractivity contribution in [3.63, 3.8) is 0 Å². The zero-order valence-corrected chi connectivity index (χ0v) is 6.41. The number of hydrogen-bond donors (Lipinski definition) is 0. The van der Waals surface area contributed by atoms with Crippen molar-refractivity contribution in [1.82, 2.24) is 0 Å². The summed E-state index contributed by atoms with van der Waals surface area (Å²) >= 11 is 0. The molecule has 0 aromatic carbocycles. The predicted molar refractivity (Wildman–Crippen MR) is 42.4 cm³/mol. The predicted octanol–water partition coefficient (Wildman–Crippen LogP) is 2.09. The topological polar surface area (TPSA) is 43.1 Å². The lowest BCUT2D eigenvalue weighted by atomic mass is 10.0. The summed E-state index contributed by atoms with van der Waals surface area (Å²) in [4.78, 5) is 10.1. The van der Waals surface area contributed by atoms with Crippen LogP contribution in [0.15, 0.2) is 23.4 Å². The molecule has 0 saturated heterocycles. The zero-order valence-electron chi connectivity index (χ0n) is 6.41. The molecule has 0 aromatic heterocycles. The molecular weight excluding hydrogens is 142 g/mol. The summed E-state index contributed by atoms with van der Waals surface area (Å²) in [6.07, 6.45) is 6.84. The van der Waals surface area contributed by atoms with Crippen LogP contribution in [-0.2, 0) is 0 Å². The van der Waals surface area contributed by atoms with Crippen molar-refractivity contribution in [2.24, 2.45) is 0 Å². The molecule has 0 atom stereocenters. The average molecular weight is 152 g/mol. The molecule has 59 valence electrons. The van der Waals surface area contributed by atoms with E-state index in [1.165, 1.54) is 0 Å². The first-order valence-corrected chi connectivity index (χ1v) is 3.63. The Hall–Kier alpha value is -1.12. The molecule has 3 heteroatoms. The molecule has 1 aliphatic carbocycles. The molecule has 3 nitrogen and oxygen atoms in total. The fraction of sp³-hybridized carbons (Fsp3) is 0.375. The third-order valence-corrected chi connectivity index (χ3v) is 1.68. The van der Waals surface area contributed by atoms with Crippen molar-refractivity contribution in [2.75, 3.05) is 0 Å². The monoisotopic (exact) mass is 152 g/mol. The standard InChI is InChI=1S/C8H10NO2/c1-2-7-5-3-4-6-8(7)9(10)11/h4-6H,2-3H2,1H3. The number of allylic oxidation sites excluding steroid dienone is 3. The fourth-order valence-electron chi connectivity index (χ4n) is 1.11. The molecule has 0 fully saturated rings. The van der Waals surface area contributed by atoms with Crippen LogP contribution in [0.2, 0.25) is 0 Å². The van der Waals surface area contributed by atoms with Crippen LogP contribution in [0.3, 0.4) is 0 Å². The normalized spacial score (nSPS) is 17.2. The Labute approximate surface area is 65.6 Å². The van der Waals surface area contributed by atoms with Gasteiger partial charge >= 0.3 is 0 Å². The lowest BCUT2D eigenvalue weighted by Crippen LogP contribution is -2.04.